The molecule has 0 bridgehead atoms. The highest BCUT2D eigenvalue weighted by atomic mass is 16.5. The number of hydrogen-bond donors (Lipinski definition) is 0. The molecule has 2 heteroatoms. The number of unbranched alkanes of at least 4 members (excludes halogenated alkanes) is 12. The zero-order chi connectivity index (χ0) is 26.7. The number of rotatable bonds is 19. The van der Waals surface area contributed by atoms with Crippen LogP contribution in [-0.4, -0.2) is 5.97 Å². The van der Waals surface area contributed by atoms with Crippen molar-refractivity contribution in [2.24, 2.45) is 0 Å². The van der Waals surface area contributed by atoms with Gasteiger partial charge in [0.15, 0.2) is 0 Å². The molecule has 2 nitrogen and oxygen atoms in total. The van der Waals surface area contributed by atoms with Crippen molar-refractivity contribution in [3.05, 3.63) is 102 Å². The minimum Gasteiger partial charge on any atom is -0.426 e. The number of benzene rings is 3. The predicted molar refractivity (Wildman–Crippen MR) is 161 cm³/mol. The quantitative estimate of drug-likeness (QED) is 0.0907. The van der Waals surface area contributed by atoms with E-state index in [4.69, 9.17) is 4.74 Å². The van der Waals surface area contributed by atoms with E-state index in [-0.39, 0.29) is 11.9 Å². The average Bonchev–Trinajstić information content (AvgIpc) is 2.95. The van der Waals surface area contributed by atoms with Gasteiger partial charge in [-0.25, -0.2) is 0 Å². The van der Waals surface area contributed by atoms with Crippen molar-refractivity contribution in [3.63, 3.8) is 0 Å². The molecule has 0 aromatic heterocycles. The lowest BCUT2D eigenvalue weighted by molar-refractivity contribution is -0.134. The Morgan fingerprint density at radius 3 is 1.63 bits per heavy atom. The van der Waals surface area contributed by atoms with Crippen molar-refractivity contribution < 1.29 is 9.53 Å². The van der Waals surface area contributed by atoms with Crippen LogP contribution in [0.3, 0.4) is 0 Å². The summed E-state index contributed by atoms with van der Waals surface area (Å²) in [6, 6.07) is 28.5. The molecule has 0 aliphatic rings. The van der Waals surface area contributed by atoms with Gasteiger partial charge in [0, 0.05) is 5.92 Å². The molecule has 3 rings (SSSR count). The average molecular weight is 513 g/mol. The number of ether oxygens (including phenoxy) is 1. The molecular weight excluding hydrogens is 464 g/mol. The van der Waals surface area contributed by atoms with Crippen LogP contribution in [0.4, 0.5) is 0 Å². The monoisotopic (exact) mass is 512 g/mol. The van der Waals surface area contributed by atoms with Gasteiger partial charge in [-0.05, 0) is 41.7 Å². The van der Waals surface area contributed by atoms with Crippen LogP contribution in [0.1, 0.15) is 119 Å². The maximum absolute atomic E-state index is 12.9. The minimum absolute atomic E-state index is 0.0149. The molecule has 0 unspecified atom stereocenters. The molecule has 0 aliphatic carbocycles. The van der Waals surface area contributed by atoms with Crippen LogP contribution < -0.4 is 4.74 Å². The summed E-state index contributed by atoms with van der Waals surface area (Å²) in [5, 5.41) is 0. The Balaban J connectivity index is 1.35. The molecule has 0 amide bonds. The molecule has 3 aromatic rings. The highest BCUT2D eigenvalue weighted by Crippen LogP contribution is 2.29. The Kier molecular flexibility index (Phi) is 14.4. The highest BCUT2D eigenvalue weighted by molar-refractivity contribution is 5.74. The molecule has 0 saturated heterocycles. The highest BCUT2D eigenvalue weighted by Gasteiger charge is 2.19. The second-order valence-electron chi connectivity index (χ2n) is 10.7. The first kappa shape index (κ1) is 29.7. The van der Waals surface area contributed by atoms with Crippen LogP contribution in [0.15, 0.2) is 84.9 Å². The minimum atomic E-state index is -0.194. The van der Waals surface area contributed by atoms with Crippen LogP contribution in [0.25, 0.3) is 0 Å². The first-order chi connectivity index (χ1) is 18.8. The Hall–Kier alpha value is -2.87. The summed E-state index contributed by atoms with van der Waals surface area (Å²) in [6.45, 7) is 2.28. The van der Waals surface area contributed by atoms with Gasteiger partial charge in [0.05, 0.1) is 6.42 Å². The van der Waals surface area contributed by atoms with Crippen LogP contribution in [0.2, 0.25) is 0 Å². The first-order valence-corrected chi connectivity index (χ1v) is 15.2. The lowest BCUT2D eigenvalue weighted by Crippen LogP contribution is -2.14. The van der Waals surface area contributed by atoms with E-state index in [0.29, 0.717) is 12.2 Å². The van der Waals surface area contributed by atoms with E-state index < -0.39 is 0 Å². The predicted octanol–water partition coefficient (Wildman–Crippen LogP) is 10.4. The third-order valence-electron chi connectivity index (χ3n) is 7.47. The second kappa shape index (κ2) is 18.4. The van der Waals surface area contributed by atoms with Gasteiger partial charge in [0.25, 0.3) is 0 Å². The van der Waals surface area contributed by atoms with Gasteiger partial charge >= 0.3 is 5.97 Å². The Labute approximate surface area is 231 Å². The summed E-state index contributed by atoms with van der Waals surface area (Å²) in [7, 11) is 0. The van der Waals surface area contributed by atoms with Gasteiger partial charge in [-0.1, -0.05) is 157 Å². The van der Waals surface area contributed by atoms with E-state index in [1.54, 1.807) is 0 Å². The van der Waals surface area contributed by atoms with Gasteiger partial charge in [-0.2, -0.15) is 0 Å². The molecule has 38 heavy (non-hydrogen) atoms. The fourth-order valence-electron chi connectivity index (χ4n) is 5.25. The Bertz CT molecular complexity index is 972. The van der Waals surface area contributed by atoms with Gasteiger partial charge < -0.3 is 4.74 Å². The summed E-state index contributed by atoms with van der Waals surface area (Å²) in [4.78, 5) is 12.9. The SMILES string of the molecule is CCCCCCCCCCCCCCCc1cccc(OC(=O)CC(c2ccccc2)c2ccccc2)c1. The smallest absolute Gasteiger partial charge is 0.312 e. The lowest BCUT2D eigenvalue weighted by Gasteiger charge is -2.17. The van der Waals surface area contributed by atoms with Gasteiger partial charge in [-0.3, -0.25) is 4.79 Å². The van der Waals surface area contributed by atoms with Crippen LogP contribution in [0.5, 0.6) is 5.75 Å². The van der Waals surface area contributed by atoms with Gasteiger partial charge in [-0.15, -0.1) is 0 Å². The standard InChI is InChI=1S/C36H48O2/c1-2-3-4-5-6-7-8-9-10-11-12-13-16-22-31-23-21-28-34(29-31)38-36(37)30-35(32-24-17-14-18-25-32)33-26-19-15-20-27-33/h14-15,17-21,23-29,35H,2-13,16,22,30H2,1H3. The van der Waals surface area contributed by atoms with E-state index in [1.807, 2.05) is 54.6 Å². The maximum Gasteiger partial charge on any atom is 0.312 e. The van der Waals surface area contributed by atoms with E-state index >= 15 is 0 Å². The summed E-state index contributed by atoms with van der Waals surface area (Å²) >= 11 is 0. The zero-order valence-corrected chi connectivity index (χ0v) is 23.6. The third kappa shape index (κ3) is 11.7. The van der Waals surface area contributed by atoms with Gasteiger partial charge in [0.2, 0.25) is 0 Å². The van der Waals surface area contributed by atoms with Crippen molar-refractivity contribution in [3.8, 4) is 5.75 Å². The lowest BCUT2D eigenvalue weighted by atomic mass is 9.88. The van der Waals surface area contributed by atoms with Crippen molar-refractivity contribution in [2.75, 3.05) is 0 Å². The largest absolute Gasteiger partial charge is 0.426 e. The van der Waals surface area contributed by atoms with Crippen molar-refractivity contribution in [2.45, 2.75) is 109 Å². The molecule has 0 spiro atoms. The number of esters is 1. The maximum atomic E-state index is 12.9. The van der Waals surface area contributed by atoms with Gasteiger partial charge in [0.1, 0.15) is 5.75 Å². The topological polar surface area (TPSA) is 26.3 Å². The molecule has 0 aliphatic heterocycles. The third-order valence-corrected chi connectivity index (χ3v) is 7.47. The molecule has 0 atom stereocenters. The van der Waals surface area contributed by atoms with E-state index in [1.165, 1.54) is 89.0 Å². The van der Waals surface area contributed by atoms with Crippen molar-refractivity contribution >= 4 is 5.97 Å². The number of hydrogen-bond acceptors (Lipinski definition) is 2. The Morgan fingerprint density at radius 2 is 1.11 bits per heavy atom. The summed E-state index contributed by atoms with van der Waals surface area (Å²) in [6.07, 6.45) is 19.1. The molecule has 0 radical (unpaired) electrons. The van der Waals surface area contributed by atoms with Crippen LogP contribution in [0, 0.1) is 0 Å². The molecular formula is C36H48O2. The first-order valence-electron chi connectivity index (χ1n) is 15.2. The summed E-state index contributed by atoms with van der Waals surface area (Å²) in [5.41, 5.74) is 3.51. The molecule has 204 valence electrons. The summed E-state index contributed by atoms with van der Waals surface area (Å²) < 4.78 is 5.81. The fourth-order valence-corrected chi connectivity index (χ4v) is 5.25. The Morgan fingerprint density at radius 1 is 0.605 bits per heavy atom. The molecule has 0 heterocycles. The number of carbonyl (C=O) groups excluding carboxylic acids is 1. The zero-order valence-electron chi connectivity index (χ0n) is 23.6. The summed E-state index contributed by atoms with van der Waals surface area (Å²) in [5.74, 6) is 0.446. The van der Waals surface area contributed by atoms with Crippen molar-refractivity contribution in [1.29, 1.82) is 0 Å². The molecule has 0 saturated carbocycles. The van der Waals surface area contributed by atoms with Crippen LogP contribution >= 0.6 is 0 Å². The molecule has 3 aromatic carbocycles. The van der Waals surface area contributed by atoms with E-state index in [2.05, 4.69) is 37.3 Å². The number of aryl methyl sites for hydroxylation is 1. The second-order valence-corrected chi connectivity index (χ2v) is 10.7. The van der Waals surface area contributed by atoms with E-state index in [0.717, 1.165) is 17.5 Å². The number of carbonyl (C=O) groups is 1. The fraction of sp³-hybridized carbons (Fsp3) is 0.472. The van der Waals surface area contributed by atoms with Crippen LogP contribution in [-0.2, 0) is 11.2 Å². The molecule has 0 fully saturated rings. The van der Waals surface area contributed by atoms with E-state index in [9.17, 15) is 4.79 Å². The molecule has 0 N–H and O–H groups in total. The van der Waals surface area contributed by atoms with Crippen molar-refractivity contribution in [1.82, 2.24) is 0 Å². The normalized spacial score (nSPS) is 11.1.